The van der Waals surface area contributed by atoms with Crippen molar-refractivity contribution in [1.29, 1.82) is 0 Å². The summed E-state index contributed by atoms with van der Waals surface area (Å²) in [7, 11) is 1.82. The van der Waals surface area contributed by atoms with Crippen LogP contribution in [0.1, 0.15) is 29.3 Å². The maximum Gasteiger partial charge on any atom is 0.268 e. The van der Waals surface area contributed by atoms with Crippen LogP contribution in [0.25, 0.3) is 10.9 Å². The van der Waals surface area contributed by atoms with Crippen LogP contribution in [-0.4, -0.2) is 25.7 Å². The number of nitrogen functional groups attached to an aromatic ring is 1. The van der Waals surface area contributed by atoms with Gasteiger partial charge in [0.15, 0.2) is 0 Å². The van der Waals surface area contributed by atoms with Crippen molar-refractivity contribution in [1.82, 2.24) is 25.1 Å². The Morgan fingerprint density at radius 3 is 2.91 bits per heavy atom. The van der Waals surface area contributed by atoms with Gasteiger partial charge >= 0.3 is 0 Å². The molecule has 114 valence electrons. The van der Waals surface area contributed by atoms with Crippen molar-refractivity contribution < 1.29 is 4.79 Å². The van der Waals surface area contributed by atoms with Gasteiger partial charge in [-0.2, -0.15) is 4.98 Å². The van der Waals surface area contributed by atoms with E-state index in [0.717, 1.165) is 10.9 Å². The van der Waals surface area contributed by atoms with Gasteiger partial charge in [0.2, 0.25) is 5.95 Å². The molecule has 1 amide bonds. The number of H-pyrrole nitrogens is 1. The molecule has 0 aliphatic heterocycles. The molecule has 0 aliphatic carbocycles. The molecule has 0 radical (unpaired) electrons. The van der Waals surface area contributed by atoms with E-state index < -0.39 is 0 Å². The zero-order valence-electron chi connectivity index (χ0n) is 12.1. The van der Waals surface area contributed by atoms with E-state index >= 15 is 0 Å². The predicted octanol–water partition coefficient (Wildman–Crippen LogP) is 2.02. The minimum Gasteiger partial charge on any atom is -0.367 e. The quantitative estimate of drug-likeness (QED) is 0.687. The number of nitrogens with one attached hydrogen (secondary N) is 2. The maximum atomic E-state index is 12.5. The summed E-state index contributed by atoms with van der Waals surface area (Å²) in [6.07, 6.45) is 0. The third-order valence-electron chi connectivity index (χ3n) is 3.52. The lowest BCUT2D eigenvalue weighted by Crippen LogP contribution is -2.28. The molecule has 1 unspecified atom stereocenters. The molecule has 3 aromatic rings. The second-order valence-electron chi connectivity index (χ2n) is 5.07. The number of nitrogens with two attached hydrogens (primary N) is 1. The normalized spacial score (nSPS) is 12.5. The first-order valence-electron chi connectivity index (χ1n) is 6.69. The number of rotatable bonds is 3. The van der Waals surface area contributed by atoms with E-state index in [1.165, 1.54) is 0 Å². The average molecular weight is 319 g/mol. The van der Waals surface area contributed by atoms with E-state index in [9.17, 15) is 4.79 Å². The van der Waals surface area contributed by atoms with Crippen LogP contribution in [0.15, 0.2) is 24.3 Å². The molecular formula is C14H15ClN6O. The molecule has 2 heterocycles. The summed E-state index contributed by atoms with van der Waals surface area (Å²) in [4.78, 5) is 16.5. The molecule has 1 atom stereocenters. The third-order valence-corrected chi connectivity index (χ3v) is 3.75. The summed E-state index contributed by atoms with van der Waals surface area (Å²) in [5, 5.41) is 10.9. The molecule has 1 aromatic carbocycles. The van der Waals surface area contributed by atoms with Crippen molar-refractivity contribution in [3.8, 4) is 0 Å². The molecule has 0 aliphatic rings. The van der Waals surface area contributed by atoms with Crippen LogP contribution in [0.3, 0.4) is 0 Å². The fourth-order valence-electron chi connectivity index (χ4n) is 2.34. The molecule has 0 saturated carbocycles. The number of aryl methyl sites for hydroxylation is 1. The topological polar surface area (TPSA) is 102 Å². The number of aromatic amines is 1. The van der Waals surface area contributed by atoms with Gasteiger partial charge in [0.1, 0.15) is 11.5 Å². The van der Waals surface area contributed by atoms with E-state index in [0.29, 0.717) is 16.5 Å². The number of halogens is 1. The lowest BCUT2D eigenvalue weighted by molar-refractivity contribution is 0.0930. The largest absolute Gasteiger partial charge is 0.367 e. The van der Waals surface area contributed by atoms with Gasteiger partial charge in [-0.25, -0.2) is 0 Å². The molecule has 2 aromatic heterocycles. The third kappa shape index (κ3) is 2.50. The number of nitrogens with zero attached hydrogens (tertiary/aromatic N) is 3. The number of anilines is 1. The first-order valence-corrected chi connectivity index (χ1v) is 7.07. The molecule has 4 N–H and O–H groups in total. The van der Waals surface area contributed by atoms with Crippen molar-refractivity contribution in [2.24, 2.45) is 7.05 Å². The zero-order chi connectivity index (χ0) is 15.9. The van der Waals surface area contributed by atoms with Crippen molar-refractivity contribution in [2.45, 2.75) is 13.0 Å². The lowest BCUT2D eigenvalue weighted by atomic mass is 10.2. The van der Waals surface area contributed by atoms with Gasteiger partial charge in [0.05, 0.1) is 6.04 Å². The molecule has 8 heteroatoms. The number of amides is 1. The van der Waals surface area contributed by atoms with Crippen LogP contribution in [0.2, 0.25) is 5.02 Å². The molecule has 3 rings (SSSR count). The summed E-state index contributed by atoms with van der Waals surface area (Å²) >= 11 is 6.00. The van der Waals surface area contributed by atoms with E-state index in [4.69, 9.17) is 17.3 Å². The summed E-state index contributed by atoms with van der Waals surface area (Å²) in [6, 6.07) is 7.00. The number of hydrogen-bond acceptors (Lipinski definition) is 4. The Morgan fingerprint density at radius 2 is 2.23 bits per heavy atom. The Balaban J connectivity index is 1.87. The van der Waals surface area contributed by atoms with E-state index in [-0.39, 0.29) is 17.9 Å². The minimum atomic E-state index is -0.334. The Hall–Kier alpha value is -2.54. The highest BCUT2D eigenvalue weighted by Crippen LogP contribution is 2.23. The highest BCUT2D eigenvalue weighted by atomic mass is 35.5. The van der Waals surface area contributed by atoms with E-state index in [1.54, 1.807) is 17.6 Å². The summed E-state index contributed by atoms with van der Waals surface area (Å²) < 4.78 is 1.80. The number of carbonyl (C=O) groups is 1. The second kappa shape index (κ2) is 5.34. The SMILES string of the molecule is CC(NC(=O)c1cc2ccc(Cl)cc2n1C)c1nc(N)n[nH]1. The standard InChI is InChI=1S/C14H15ClN6O/c1-7(12-18-14(16)20-19-12)17-13(22)11-5-8-3-4-9(15)6-10(8)21(11)2/h3-7H,1-2H3,(H,17,22)(H3,16,18,19,20). The van der Waals surface area contributed by atoms with Gasteiger partial charge in [0, 0.05) is 23.0 Å². The first-order chi connectivity index (χ1) is 10.5. The smallest absolute Gasteiger partial charge is 0.268 e. The molecule has 0 saturated heterocycles. The van der Waals surface area contributed by atoms with Gasteiger partial charge in [-0.05, 0) is 25.1 Å². The van der Waals surface area contributed by atoms with Crippen LogP contribution in [0.4, 0.5) is 5.95 Å². The highest BCUT2D eigenvalue weighted by molar-refractivity contribution is 6.31. The zero-order valence-corrected chi connectivity index (χ0v) is 12.8. The first kappa shape index (κ1) is 14.4. The van der Waals surface area contributed by atoms with Crippen LogP contribution in [-0.2, 0) is 7.05 Å². The van der Waals surface area contributed by atoms with E-state index in [2.05, 4.69) is 20.5 Å². The average Bonchev–Trinajstić information content (AvgIpc) is 3.04. The maximum absolute atomic E-state index is 12.5. The number of benzene rings is 1. The fourth-order valence-corrected chi connectivity index (χ4v) is 2.51. The van der Waals surface area contributed by atoms with Crippen LogP contribution >= 0.6 is 11.6 Å². The molecular weight excluding hydrogens is 304 g/mol. The van der Waals surface area contributed by atoms with Crippen molar-refractivity contribution in [3.63, 3.8) is 0 Å². The van der Waals surface area contributed by atoms with Gasteiger partial charge in [-0.15, -0.1) is 5.10 Å². The summed E-state index contributed by atoms with van der Waals surface area (Å²) in [6.45, 7) is 1.80. The number of fused-ring (bicyclic) bond motifs is 1. The Labute approximate surface area is 131 Å². The Morgan fingerprint density at radius 1 is 1.45 bits per heavy atom. The van der Waals surface area contributed by atoms with Crippen molar-refractivity contribution in [3.05, 3.63) is 40.8 Å². The Kier molecular flexibility index (Phi) is 3.50. The van der Waals surface area contributed by atoms with Crippen LogP contribution < -0.4 is 11.1 Å². The highest BCUT2D eigenvalue weighted by Gasteiger charge is 2.18. The van der Waals surface area contributed by atoms with Gasteiger partial charge < -0.3 is 15.6 Å². The molecule has 0 fully saturated rings. The van der Waals surface area contributed by atoms with Gasteiger partial charge in [-0.1, -0.05) is 17.7 Å². The molecule has 7 nitrogen and oxygen atoms in total. The van der Waals surface area contributed by atoms with E-state index in [1.807, 2.05) is 25.2 Å². The second-order valence-corrected chi connectivity index (χ2v) is 5.50. The summed E-state index contributed by atoms with van der Waals surface area (Å²) in [5.74, 6) is 0.445. The number of aromatic nitrogens is 4. The fraction of sp³-hybridized carbons (Fsp3) is 0.214. The number of carbonyl (C=O) groups excluding carboxylic acids is 1. The monoisotopic (exact) mass is 318 g/mol. The van der Waals surface area contributed by atoms with Crippen LogP contribution in [0, 0.1) is 0 Å². The van der Waals surface area contributed by atoms with Crippen LogP contribution in [0.5, 0.6) is 0 Å². The Bertz CT molecular complexity index is 852. The van der Waals surface area contributed by atoms with Gasteiger partial charge in [-0.3, -0.25) is 9.89 Å². The molecule has 0 spiro atoms. The molecule has 22 heavy (non-hydrogen) atoms. The predicted molar refractivity (Wildman–Crippen MR) is 84.6 cm³/mol. The minimum absolute atomic E-state index is 0.148. The summed E-state index contributed by atoms with van der Waals surface area (Å²) in [5.41, 5.74) is 6.90. The lowest BCUT2D eigenvalue weighted by Gasteiger charge is -2.11. The van der Waals surface area contributed by atoms with Gasteiger partial charge in [0.25, 0.3) is 5.91 Å². The van der Waals surface area contributed by atoms with Crippen molar-refractivity contribution >= 4 is 34.4 Å². The van der Waals surface area contributed by atoms with Crippen molar-refractivity contribution in [2.75, 3.05) is 5.73 Å². The number of hydrogen-bond donors (Lipinski definition) is 3. The molecule has 0 bridgehead atoms.